The first-order chi connectivity index (χ1) is 15.7. The number of amides is 1. The molecular formula is C24H23N3O5S. The average molecular weight is 466 g/mol. The Labute approximate surface area is 194 Å². The molecule has 2 heterocycles. The molecule has 1 aliphatic heterocycles. The van der Waals surface area contributed by atoms with Crippen LogP contribution in [0.3, 0.4) is 0 Å². The van der Waals surface area contributed by atoms with Gasteiger partial charge in [0, 0.05) is 5.56 Å². The van der Waals surface area contributed by atoms with Gasteiger partial charge in [0.15, 0.2) is 11.5 Å². The van der Waals surface area contributed by atoms with Crippen molar-refractivity contribution in [2.75, 3.05) is 11.5 Å². The van der Waals surface area contributed by atoms with Crippen LogP contribution in [0.1, 0.15) is 40.2 Å². The number of anilines is 1. The van der Waals surface area contributed by atoms with E-state index in [-0.39, 0.29) is 28.0 Å². The molecule has 1 aromatic heterocycles. The number of carbonyl (C=O) groups excluding carboxylic acids is 2. The molecule has 0 saturated carbocycles. The minimum absolute atomic E-state index is 0.0605. The zero-order valence-corrected chi connectivity index (χ0v) is 19.4. The summed E-state index contributed by atoms with van der Waals surface area (Å²) in [4.78, 5) is 27.6. The maximum absolute atomic E-state index is 13.2. The Morgan fingerprint density at radius 3 is 2.55 bits per heavy atom. The van der Waals surface area contributed by atoms with Crippen LogP contribution >= 0.6 is 11.3 Å². The molecular weight excluding hydrogens is 442 g/mol. The first-order valence-corrected chi connectivity index (χ1v) is 11.2. The summed E-state index contributed by atoms with van der Waals surface area (Å²) in [6.45, 7) is 7.54. The topological polar surface area (TPSA) is 113 Å². The number of phenolic OH excluding ortho intramolecular Hbond substituents is 1. The van der Waals surface area contributed by atoms with Crippen LogP contribution in [0.4, 0.5) is 5.13 Å². The summed E-state index contributed by atoms with van der Waals surface area (Å²) in [6, 6.07) is 9.13. The lowest BCUT2D eigenvalue weighted by Crippen LogP contribution is -2.29. The molecule has 9 heteroatoms. The van der Waals surface area contributed by atoms with E-state index >= 15 is 0 Å². The normalized spacial score (nSPS) is 17.6. The third-order valence-corrected chi connectivity index (χ3v) is 6.25. The van der Waals surface area contributed by atoms with Gasteiger partial charge in [-0.1, -0.05) is 35.1 Å². The minimum atomic E-state index is -0.975. The van der Waals surface area contributed by atoms with Crippen LogP contribution in [-0.2, 0) is 9.59 Å². The fourth-order valence-electron chi connectivity index (χ4n) is 3.84. The molecule has 170 valence electrons. The van der Waals surface area contributed by atoms with Crippen LogP contribution in [0.2, 0.25) is 0 Å². The van der Waals surface area contributed by atoms with E-state index in [1.165, 1.54) is 22.3 Å². The van der Waals surface area contributed by atoms with Gasteiger partial charge in [-0.05, 0) is 57.0 Å². The standard InChI is InChI=1S/C24H23N3O5S/c1-5-32-18-11-15(8-9-17(18)28)20-19(21(29)16-10-12(2)6-7-13(16)3)22(30)23(31)27(20)24-26-25-14(4)33-24/h6-11,20,28-29H,5H2,1-4H3/b21-19+. The lowest BCUT2D eigenvalue weighted by molar-refractivity contribution is -0.132. The summed E-state index contributed by atoms with van der Waals surface area (Å²) in [7, 11) is 0. The Morgan fingerprint density at radius 1 is 1.12 bits per heavy atom. The van der Waals surface area contributed by atoms with Crippen molar-refractivity contribution in [3.63, 3.8) is 0 Å². The highest BCUT2D eigenvalue weighted by Crippen LogP contribution is 2.44. The number of nitrogens with zero attached hydrogens (tertiary/aromatic N) is 3. The van der Waals surface area contributed by atoms with Crippen LogP contribution in [0.5, 0.6) is 11.5 Å². The number of Topliss-reactive ketones (excluding diaryl/α,β-unsaturated/α-hetero) is 1. The SMILES string of the molecule is CCOc1cc(C2/C(=C(\O)c3cc(C)ccc3C)C(=O)C(=O)N2c2nnc(C)s2)ccc1O. The van der Waals surface area contributed by atoms with E-state index < -0.39 is 17.7 Å². The van der Waals surface area contributed by atoms with E-state index in [0.717, 1.165) is 11.1 Å². The number of aliphatic hydroxyl groups excluding tert-OH is 1. The summed E-state index contributed by atoms with van der Waals surface area (Å²) in [6.07, 6.45) is 0. The number of hydrogen-bond acceptors (Lipinski definition) is 8. The zero-order valence-electron chi connectivity index (χ0n) is 18.6. The molecule has 1 saturated heterocycles. The lowest BCUT2D eigenvalue weighted by Gasteiger charge is -2.23. The average Bonchev–Trinajstić information content (AvgIpc) is 3.32. The first-order valence-electron chi connectivity index (χ1n) is 10.4. The second kappa shape index (κ2) is 8.67. The number of ketones is 1. The minimum Gasteiger partial charge on any atom is -0.507 e. The van der Waals surface area contributed by atoms with Gasteiger partial charge >= 0.3 is 5.91 Å². The lowest BCUT2D eigenvalue weighted by atomic mass is 9.93. The Balaban J connectivity index is 1.98. The Kier molecular flexibility index (Phi) is 5.90. The first kappa shape index (κ1) is 22.5. The molecule has 2 aromatic carbocycles. The summed E-state index contributed by atoms with van der Waals surface area (Å²) in [5.41, 5.74) is 2.55. The number of aliphatic hydroxyl groups is 1. The van der Waals surface area contributed by atoms with Gasteiger partial charge in [-0.25, -0.2) is 0 Å². The molecule has 0 bridgehead atoms. The Morgan fingerprint density at radius 2 is 1.88 bits per heavy atom. The Hall–Kier alpha value is -3.72. The number of rotatable bonds is 5. The largest absolute Gasteiger partial charge is 0.507 e. The highest BCUT2D eigenvalue weighted by Gasteiger charge is 2.48. The fraction of sp³-hybridized carbons (Fsp3) is 0.250. The van der Waals surface area contributed by atoms with E-state index in [2.05, 4.69) is 10.2 Å². The number of benzene rings is 2. The molecule has 0 aliphatic carbocycles. The van der Waals surface area contributed by atoms with Crippen molar-refractivity contribution >= 4 is 33.9 Å². The number of hydrogen-bond donors (Lipinski definition) is 2. The zero-order chi connectivity index (χ0) is 23.9. The number of ether oxygens (including phenoxy) is 1. The molecule has 2 N–H and O–H groups in total. The smallest absolute Gasteiger partial charge is 0.301 e. The van der Waals surface area contributed by atoms with E-state index in [1.54, 1.807) is 32.0 Å². The van der Waals surface area contributed by atoms with Gasteiger partial charge in [0.05, 0.1) is 18.2 Å². The van der Waals surface area contributed by atoms with E-state index in [4.69, 9.17) is 4.74 Å². The van der Waals surface area contributed by atoms with Crippen molar-refractivity contribution in [2.45, 2.75) is 33.7 Å². The predicted molar refractivity (Wildman–Crippen MR) is 125 cm³/mol. The molecule has 4 rings (SSSR count). The molecule has 1 fully saturated rings. The third kappa shape index (κ3) is 3.95. The van der Waals surface area contributed by atoms with Crippen molar-refractivity contribution in [1.29, 1.82) is 0 Å². The highest BCUT2D eigenvalue weighted by molar-refractivity contribution is 7.15. The van der Waals surface area contributed by atoms with Crippen LogP contribution in [0.25, 0.3) is 5.76 Å². The van der Waals surface area contributed by atoms with Gasteiger partial charge in [-0.3, -0.25) is 14.5 Å². The van der Waals surface area contributed by atoms with Crippen LogP contribution in [0, 0.1) is 20.8 Å². The third-order valence-electron chi connectivity index (χ3n) is 5.41. The maximum Gasteiger partial charge on any atom is 0.301 e. The number of carbonyl (C=O) groups is 2. The summed E-state index contributed by atoms with van der Waals surface area (Å²) in [5.74, 6) is -1.76. The summed E-state index contributed by atoms with van der Waals surface area (Å²) < 4.78 is 5.51. The van der Waals surface area contributed by atoms with Gasteiger partial charge < -0.3 is 14.9 Å². The van der Waals surface area contributed by atoms with Gasteiger partial charge in [-0.15, -0.1) is 10.2 Å². The molecule has 0 radical (unpaired) electrons. The van der Waals surface area contributed by atoms with Crippen LogP contribution in [-0.4, -0.2) is 38.7 Å². The van der Waals surface area contributed by atoms with Gasteiger partial charge in [0.1, 0.15) is 10.8 Å². The second-order valence-electron chi connectivity index (χ2n) is 7.75. The molecule has 33 heavy (non-hydrogen) atoms. The molecule has 1 atom stereocenters. The van der Waals surface area contributed by atoms with E-state index in [1.807, 2.05) is 26.0 Å². The summed E-state index contributed by atoms with van der Waals surface area (Å²) >= 11 is 1.17. The molecule has 1 amide bonds. The fourth-order valence-corrected chi connectivity index (χ4v) is 4.55. The maximum atomic E-state index is 13.2. The van der Waals surface area contributed by atoms with E-state index in [0.29, 0.717) is 22.7 Å². The molecule has 0 spiro atoms. The van der Waals surface area contributed by atoms with Crippen molar-refractivity contribution in [2.24, 2.45) is 0 Å². The van der Waals surface area contributed by atoms with Gasteiger partial charge in [-0.2, -0.15) is 0 Å². The number of aromatic hydroxyl groups is 1. The second-order valence-corrected chi connectivity index (χ2v) is 8.91. The van der Waals surface area contributed by atoms with Crippen molar-refractivity contribution in [3.8, 4) is 11.5 Å². The van der Waals surface area contributed by atoms with Crippen LogP contribution in [0.15, 0.2) is 42.0 Å². The quantitative estimate of drug-likeness (QED) is 0.330. The molecule has 8 nitrogen and oxygen atoms in total. The number of aryl methyl sites for hydroxylation is 3. The number of phenols is 1. The number of aromatic nitrogens is 2. The van der Waals surface area contributed by atoms with Crippen molar-refractivity contribution in [1.82, 2.24) is 10.2 Å². The summed E-state index contributed by atoms with van der Waals surface area (Å²) in [5, 5.41) is 30.4. The molecule has 1 aliphatic rings. The monoisotopic (exact) mass is 465 g/mol. The predicted octanol–water partition coefficient (Wildman–Crippen LogP) is 4.19. The van der Waals surface area contributed by atoms with Gasteiger partial charge in [0.25, 0.3) is 5.78 Å². The Bertz CT molecular complexity index is 1300. The van der Waals surface area contributed by atoms with Crippen LogP contribution < -0.4 is 9.64 Å². The molecule has 1 unspecified atom stereocenters. The van der Waals surface area contributed by atoms with Gasteiger partial charge in [0.2, 0.25) is 5.13 Å². The van der Waals surface area contributed by atoms with Crippen molar-refractivity contribution in [3.05, 3.63) is 69.2 Å². The molecule has 3 aromatic rings. The van der Waals surface area contributed by atoms with Crippen molar-refractivity contribution < 1.29 is 24.5 Å². The van der Waals surface area contributed by atoms with E-state index in [9.17, 15) is 19.8 Å². The highest BCUT2D eigenvalue weighted by atomic mass is 32.1.